The largest absolute Gasteiger partial charge is 0.507 e. The van der Waals surface area contributed by atoms with Crippen molar-refractivity contribution in [3.63, 3.8) is 0 Å². The van der Waals surface area contributed by atoms with Crippen molar-refractivity contribution < 1.29 is 18.7 Å². The summed E-state index contributed by atoms with van der Waals surface area (Å²) in [4.78, 5) is 15.3. The van der Waals surface area contributed by atoms with Crippen molar-refractivity contribution in [2.75, 3.05) is 26.2 Å². The molecule has 4 nitrogen and oxygen atoms in total. The van der Waals surface area contributed by atoms with Crippen LogP contribution in [-0.2, 0) is 11.3 Å². The fraction of sp³-hybridized carbons (Fsp3) is 0.250. The van der Waals surface area contributed by atoms with Crippen molar-refractivity contribution in [1.82, 2.24) is 9.80 Å². The number of amides is 1. The molecule has 2 aromatic carbocycles. The topological polar surface area (TPSA) is 43.8 Å². The average Bonchev–Trinajstić information content (AvgIpc) is 2.63. The third-order valence-corrected chi connectivity index (χ3v) is 4.92. The number of aromatic hydroxyl groups is 1. The van der Waals surface area contributed by atoms with E-state index in [0.717, 1.165) is 0 Å². The van der Waals surface area contributed by atoms with E-state index in [1.54, 1.807) is 4.90 Å². The van der Waals surface area contributed by atoms with Crippen LogP contribution in [0.4, 0.5) is 8.78 Å². The Morgan fingerprint density at radius 1 is 1.15 bits per heavy atom. The second-order valence-electron chi connectivity index (χ2n) is 6.37. The van der Waals surface area contributed by atoms with E-state index < -0.39 is 11.6 Å². The second-order valence-corrected chi connectivity index (χ2v) is 6.78. The van der Waals surface area contributed by atoms with Crippen LogP contribution in [0.2, 0.25) is 5.02 Å². The van der Waals surface area contributed by atoms with Gasteiger partial charge in [0.1, 0.15) is 17.4 Å². The van der Waals surface area contributed by atoms with Crippen LogP contribution in [0.1, 0.15) is 5.56 Å². The van der Waals surface area contributed by atoms with Crippen LogP contribution in [-0.4, -0.2) is 47.0 Å². The molecule has 1 heterocycles. The molecule has 142 valence electrons. The molecule has 1 aliphatic heterocycles. The summed E-state index contributed by atoms with van der Waals surface area (Å²) in [5, 5.41) is 10.0. The minimum Gasteiger partial charge on any atom is -0.507 e. The van der Waals surface area contributed by atoms with Crippen LogP contribution in [0, 0.1) is 11.6 Å². The maximum Gasteiger partial charge on any atom is 0.246 e. The van der Waals surface area contributed by atoms with Gasteiger partial charge in [-0.25, -0.2) is 8.78 Å². The van der Waals surface area contributed by atoms with Gasteiger partial charge in [-0.3, -0.25) is 9.69 Å². The second kappa shape index (κ2) is 8.06. The van der Waals surface area contributed by atoms with Gasteiger partial charge in [-0.2, -0.15) is 0 Å². The van der Waals surface area contributed by atoms with Crippen molar-refractivity contribution >= 4 is 17.5 Å². The Morgan fingerprint density at radius 3 is 2.33 bits per heavy atom. The first-order valence-electron chi connectivity index (χ1n) is 8.50. The quantitative estimate of drug-likeness (QED) is 0.804. The summed E-state index contributed by atoms with van der Waals surface area (Å²) >= 11 is 6.01. The molecule has 3 rings (SSSR count). The van der Waals surface area contributed by atoms with Gasteiger partial charge in [0.2, 0.25) is 5.91 Å². The van der Waals surface area contributed by atoms with Gasteiger partial charge in [0, 0.05) is 38.3 Å². The van der Waals surface area contributed by atoms with Gasteiger partial charge in [-0.1, -0.05) is 24.2 Å². The molecule has 0 bridgehead atoms. The molecule has 1 aliphatic rings. The van der Waals surface area contributed by atoms with E-state index in [1.807, 2.05) is 4.90 Å². The van der Waals surface area contributed by atoms with Crippen LogP contribution in [0.3, 0.4) is 0 Å². The number of carbonyl (C=O) groups excluding carboxylic acids is 1. The molecular formula is C20H19ClF2N2O2. The van der Waals surface area contributed by atoms with E-state index in [-0.39, 0.29) is 27.8 Å². The van der Waals surface area contributed by atoms with Crippen molar-refractivity contribution in [2.24, 2.45) is 0 Å². The molecule has 0 aromatic heterocycles. The van der Waals surface area contributed by atoms with Crippen LogP contribution in [0.5, 0.6) is 5.75 Å². The Balaban J connectivity index is 1.78. The summed E-state index contributed by atoms with van der Waals surface area (Å²) in [6.07, 6.45) is 1.28. The number of halogens is 3. The standard InChI is InChI=1S/C20H19ClF2N2O2/c1-2-18(27)25-8-6-24(7-9-25)12-13-10-15(22)20(16(23)11-13)19-14(21)4-3-5-17(19)26/h2-5,10-11,26H,1,6-9,12H2. The summed E-state index contributed by atoms with van der Waals surface area (Å²) in [6, 6.07) is 6.80. The monoisotopic (exact) mass is 392 g/mol. The number of phenols is 1. The number of piperazine rings is 1. The third-order valence-electron chi connectivity index (χ3n) is 4.61. The van der Waals surface area contributed by atoms with Crippen LogP contribution in [0.15, 0.2) is 43.0 Å². The highest BCUT2D eigenvalue weighted by Crippen LogP contribution is 2.39. The van der Waals surface area contributed by atoms with Crippen molar-refractivity contribution in [2.45, 2.75) is 6.54 Å². The van der Waals surface area contributed by atoms with Gasteiger partial charge >= 0.3 is 0 Å². The number of carbonyl (C=O) groups is 1. The van der Waals surface area contributed by atoms with E-state index in [9.17, 15) is 18.7 Å². The molecule has 7 heteroatoms. The average molecular weight is 393 g/mol. The van der Waals surface area contributed by atoms with E-state index in [4.69, 9.17) is 11.6 Å². The number of hydrogen-bond donors (Lipinski definition) is 1. The minimum atomic E-state index is -0.783. The van der Waals surface area contributed by atoms with E-state index in [2.05, 4.69) is 6.58 Å². The molecule has 2 aromatic rings. The summed E-state index contributed by atoms with van der Waals surface area (Å²) in [6.45, 7) is 6.13. The zero-order valence-electron chi connectivity index (χ0n) is 14.6. The molecule has 1 saturated heterocycles. The highest BCUT2D eigenvalue weighted by atomic mass is 35.5. The molecular weight excluding hydrogens is 374 g/mol. The van der Waals surface area contributed by atoms with Crippen LogP contribution < -0.4 is 0 Å². The van der Waals surface area contributed by atoms with Crippen LogP contribution in [0.25, 0.3) is 11.1 Å². The van der Waals surface area contributed by atoms with Gasteiger partial charge < -0.3 is 10.0 Å². The number of nitrogens with zero attached hydrogens (tertiary/aromatic N) is 2. The number of hydrogen-bond acceptors (Lipinski definition) is 3. The fourth-order valence-electron chi connectivity index (χ4n) is 3.23. The van der Waals surface area contributed by atoms with Crippen molar-refractivity contribution in [3.8, 4) is 16.9 Å². The van der Waals surface area contributed by atoms with Gasteiger partial charge in [0.25, 0.3) is 0 Å². The molecule has 1 fully saturated rings. The Hall–Kier alpha value is -2.44. The predicted molar refractivity (Wildman–Crippen MR) is 101 cm³/mol. The minimum absolute atomic E-state index is 0.0581. The Morgan fingerprint density at radius 2 is 1.78 bits per heavy atom. The predicted octanol–water partition coefficient (Wildman–Crippen LogP) is 3.82. The maximum absolute atomic E-state index is 14.6. The van der Waals surface area contributed by atoms with Crippen molar-refractivity contribution in [3.05, 3.63) is 65.2 Å². The van der Waals surface area contributed by atoms with E-state index >= 15 is 0 Å². The van der Waals surface area contributed by atoms with Gasteiger partial charge in [-0.15, -0.1) is 0 Å². The van der Waals surface area contributed by atoms with E-state index in [1.165, 1.54) is 36.4 Å². The number of benzene rings is 2. The molecule has 0 saturated carbocycles. The Labute approximate surface area is 161 Å². The lowest BCUT2D eigenvalue weighted by Gasteiger charge is -2.34. The lowest BCUT2D eigenvalue weighted by Crippen LogP contribution is -2.47. The highest BCUT2D eigenvalue weighted by molar-refractivity contribution is 6.33. The molecule has 0 unspecified atom stereocenters. The third kappa shape index (κ3) is 4.12. The first kappa shape index (κ1) is 19.3. The zero-order chi connectivity index (χ0) is 19.6. The summed E-state index contributed by atoms with van der Waals surface area (Å²) < 4.78 is 29.3. The molecule has 0 atom stereocenters. The first-order chi connectivity index (χ1) is 12.9. The van der Waals surface area contributed by atoms with Gasteiger partial charge in [0.05, 0.1) is 10.6 Å². The zero-order valence-corrected chi connectivity index (χ0v) is 15.3. The number of rotatable bonds is 4. The van der Waals surface area contributed by atoms with E-state index in [0.29, 0.717) is 38.3 Å². The van der Waals surface area contributed by atoms with Crippen molar-refractivity contribution in [1.29, 1.82) is 0 Å². The summed E-state index contributed by atoms with van der Waals surface area (Å²) in [5.74, 6) is -1.96. The first-order valence-corrected chi connectivity index (χ1v) is 8.88. The van der Waals surface area contributed by atoms with Gasteiger partial charge in [-0.05, 0) is 35.9 Å². The normalized spacial score (nSPS) is 15.0. The summed E-state index contributed by atoms with van der Waals surface area (Å²) in [7, 11) is 0. The molecule has 0 spiro atoms. The highest BCUT2D eigenvalue weighted by Gasteiger charge is 2.22. The summed E-state index contributed by atoms with van der Waals surface area (Å²) in [5.41, 5.74) is 0.0734. The molecule has 27 heavy (non-hydrogen) atoms. The SMILES string of the molecule is C=CC(=O)N1CCN(Cc2cc(F)c(-c3c(O)cccc3Cl)c(F)c2)CC1. The fourth-order valence-corrected chi connectivity index (χ4v) is 3.49. The molecule has 0 radical (unpaired) electrons. The maximum atomic E-state index is 14.6. The number of phenolic OH excluding ortho intramolecular Hbond substituents is 1. The smallest absolute Gasteiger partial charge is 0.246 e. The Kier molecular flexibility index (Phi) is 5.77. The lowest BCUT2D eigenvalue weighted by atomic mass is 10.0. The lowest BCUT2D eigenvalue weighted by molar-refractivity contribution is -0.127. The van der Waals surface area contributed by atoms with Crippen LogP contribution >= 0.6 is 11.6 Å². The molecule has 0 aliphatic carbocycles. The molecule has 1 N–H and O–H groups in total. The molecule has 1 amide bonds. The Bertz CT molecular complexity index is 837. The van der Waals surface area contributed by atoms with Gasteiger partial charge in [0.15, 0.2) is 0 Å².